The van der Waals surface area contributed by atoms with E-state index in [1.54, 1.807) is 6.07 Å². The van der Waals surface area contributed by atoms with Crippen molar-refractivity contribution in [2.24, 2.45) is 5.73 Å². The van der Waals surface area contributed by atoms with Crippen molar-refractivity contribution in [1.82, 2.24) is 4.98 Å². The molecule has 2 heterocycles. The van der Waals surface area contributed by atoms with Crippen LogP contribution in [0.2, 0.25) is 0 Å². The van der Waals surface area contributed by atoms with Crippen LogP contribution in [0.15, 0.2) is 12.3 Å². The lowest BCUT2D eigenvalue weighted by Crippen LogP contribution is -2.37. The highest BCUT2D eigenvalue weighted by molar-refractivity contribution is 5.52. The quantitative estimate of drug-likeness (QED) is 0.616. The van der Waals surface area contributed by atoms with E-state index in [0.717, 1.165) is 24.3 Å². The largest absolute Gasteiger partial charge is 0.352 e. The Morgan fingerprint density at radius 1 is 1.65 bits per heavy atom. The monoisotopic (exact) mass is 236 g/mol. The Hall–Kier alpha value is -1.69. The van der Waals surface area contributed by atoms with Crippen LogP contribution in [-0.4, -0.2) is 28.5 Å². The van der Waals surface area contributed by atoms with E-state index in [2.05, 4.69) is 16.8 Å². The van der Waals surface area contributed by atoms with Crippen LogP contribution in [0.3, 0.4) is 0 Å². The highest BCUT2D eigenvalue weighted by Crippen LogP contribution is 2.27. The number of rotatable bonds is 2. The average molecular weight is 236 g/mol. The number of hydrogen-bond acceptors (Lipinski definition) is 5. The summed E-state index contributed by atoms with van der Waals surface area (Å²) in [4.78, 5) is 16.5. The fraction of sp³-hybridized carbons (Fsp3) is 0.545. The van der Waals surface area contributed by atoms with E-state index in [-0.39, 0.29) is 17.8 Å². The Balaban J connectivity index is 2.31. The van der Waals surface area contributed by atoms with Gasteiger partial charge in [-0.1, -0.05) is 0 Å². The predicted octanol–water partition coefficient (Wildman–Crippen LogP) is 1.22. The molecule has 0 aliphatic carbocycles. The number of pyridine rings is 1. The molecule has 1 aromatic rings. The summed E-state index contributed by atoms with van der Waals surface area (Å²) in [5, 5.41) is 10.6. The first-order chi connectivity index (χ1) is 8.00. The highest BCUT2D eigenvalue weighted by atomic mass is 16.6. The smallest absolute Gasteiger partial charge is 0.287 e. The highest BCUT2D eigenvalue weighted by Gasteiger charge is 2.29. The first-order valence-electron chi connectivity index (χ1n) is 5.64. The van der Waals surface area contributed by atoms with Gasteiger partial charge in [0, 0.05) is 24.7 Å². The third kappa shape index (κ3) is 2.08. The van der Waals surface area contributed by atoms with E-state index in [1.807, 2.05) is 6.92 Å². The molecule has 1 aliphatic rings. The minimum absolute atomic E-state index is 0.0300. The molecule has 2 N–H and O–H groups in total. The summed E-state index contributed by atoms with van der Waals surface area (Å²) in [6, 6.07) is 1.92. The standard InChI is InChI=1S/C11H16N4O2/c1-7-5-9(15(16)17)6-13-11(7)14-4-3-10(12)8(14)2/h5-6,8,10H,3-4,12H2,1-2H3. The molecule has 0 amide bonds. The van der Waals surface area contributed by atoms with Gasteiger partial charge in [0.05, 0.1) is 4.92 Å². The zero-order valence-electron chi connectivity index (χ0n) is 9.96. The third-order valence-corrected chi connectivity index (χ3v) is 3.33. The molecule has 6 nitrogen and oxygen atoms in total. The molecule has 0 radical (unpaired) electrons. The summed E-state index contributed by atoms with van der Waals surface area (Å²) in [6.45, 7) is 4.75. The molecule has 6 heteroatoms. The average Bonchev–Trinajstić information content (AvgIpc) is 2.60. The van der Waals surface area contributed by atoms with Crippen LogP contribution in [-0.2, 0) is 0 Å². The van der Waals surface area contributed by atoms with Gasteiger partial charge in [0.25, 0.3) is 5.69 Å². The van der Waals surface area contributed by atoms with Gasteiger partial charge in [-0.25, -0.2) is 4.98 Å². The Morgan fingerprint density at radius 2 is 2.35 bits per heavy atom. The Morgan fingerprint density at radius 3 is 2.82 bits per heavy atom. The molecule has 1 fully saturated rings. The van der Waals surface area contributed by atoms with Crippen LogP contribution in [0.4, 0.5) is 11.5 Å². The van der Waals surface area contributed by atoms with Gasteiger partial charge in [-0.2, -0.15) is 0 Å². The van der Waals surface area contributed by atoms with Crippen LogP contribution < -0.4 is 10.6 Å². The summed E-state index contributed by atoms with van der Waals surface area (Å²) in [7, 11) is 0. The van der Waals surface area contributed by atoms with E-state index in [0.29, 0.717) is 0 Å². The Kier molecular flexibility index (Phi) is 2.97. The zero-order valence-corrected chi connectivity index (χ0v) is 9.96. The van der Waals surface area contributed by atoms with Crippen molar-refractivity contribution in [1.29, 1.82) is 0 Å². The Bertz CT molecular complexity index is 449. The van der Waals surface area contributed by atoms with Crippen LogP contribution in [0.5, 0.6) is 0 Å². The molecular formula is C11H16N4O2. The third-order valence-electron chi connectivity index (χ3n) is 3.33. The van der Waals surface area contributed by atoms with Gasteiger partial charge < -0.3 is 10.6 Å². The molecular weight excluding hydrogens is 220 g/mol. The van der Waals surface area contributed by atoms with Crippen LogP contribution in [0, 0.1) is 17.0 Å². The molecule has 17 heavy (non-hydrogen) atoms. The van der Waals surface area contributed by atoms with Crippen LogP contribution in [0.25, 0.3) is 0 Å². The number of anilines is 1. The van der Waals surface area contributed by atoms with Gasteiger partial charge in [-0.05, 0) is 25.8 Å². The van der Waals surface area contributed by atoms with E-state index in [9.17, 15) is 10.1 Å². The fourth-order valence-corrected chi connectivity index (χ4v) is 2.22. The molecule has 0 bridgehead atoms. The fourth-order valence-electron chi connectivity index (χ4n) is 2.22. The summed E-state index contributed by atoms with van der Waals surface area (Å²) < 4.78 is 0. The molecule has 2 unspecified atom stereocenters. The maximum atomic E-state index is 10.6. The van der Waals surface area contributed by atoms with E-state index in [4.69, 9.17) is 5.73 Å². The SMILES string of the molecule is Cc1cc([N+](=O)[O-])cnc1N1CCC(N)C1C. The minimum Gasteiger partial charge on any atom is -0.352 e. The number of nitrogens with two attached hydrogens (primary N) is 1. The van der Waals surface area contributed by atoms with Crippen LogP contribution in [0.1, 0.15) is 18.9 Å². The number of nitro groups is 1. The number of hydrogen-bond donors (Lipinski definition) is 1. The summed E-state index contributed by atoms with van der Waals surface area (Å²) >= 11 is 0. The zero-order chi connectivity index (χ0) is 12.6. The van der Waals surface area contributed by atoms with E-state index in [1.165, 1.54) is 6.20 Å². The van der Waals surface area contributed by atoms with Gasteiger partial charge in [-0.15, -0.1) is 0 Å². The molecule has 2 atom stereocenters. The molecule has 0 spiro atoms. The van der Waals surface area contributed by atoms with Gasteiger partial charge in [0.2, 0.25) is 0 Å². The van der Waals surface area contributed by atoms with Gasteiger partial charge >= 0.3 is 0 Å². The summed E-state index contributed by atoms with van der Waals surface area (Å²) in [5.74, 6) is 0.802. The van der Waals surface area contributed by atoms with Gasteiger partial charge in [-0.3, -0.25) is 10.1 Å². The molecule has 1 aromatic heterocycles. The lowest BCUT2D eigenvalue weighted by molar-refractivity contribution is -0.385. The molecule has 2 rings (SSSR count). The van der Waals surface area contributed by atoms with Crippen molar-refractivity contribution in [3.05, 3.63) is 27.9 Å². The minimum atomic E-state index is -0.428. The van der Waals surface area contributed by atoms with Crippen molar-refractivity contribution in [3.8, 4) is 0 Å². The van der Waals surface area contributed by atoms with Crippen LogP contribution >= 0.6 is 0 Å². The number of aryl methyl sites for hydroxylation is 1. The first-order valence-corrected chi connectivity index (χ1v) is 5.64. The first kappa shape index (κ1) is 11.8. The van der Waals surface area contributed by atoms with E-state index >= 15 is 0 Å². The van der Waals surface area contributed by atoms with Gasteiger partial charge in [0.1, 0.15) is 12.0 Å². The normalized spacial score (nSPS) is 24.1. The van der Waals surface area contributed by atoms with Gasteiger partial charge in [0.15, 0.2) is 0 Å². The number of nitrogens with zero attached hydrogens (tertiary/aromatic N) is 3. The maximum Gasteiger partial charge on any atom is 0.287 e. The molecule has 0 aromatic carbocycles. The summed E-state index contributed by atoms with van der Waals surface area (Å²) in [6.07, 6.45) is 2.23. The molecule has 92 valence electrons. The molecule has 1 saturated heterocycles. The van der Waals surface area contributed by atoms with Crippen molar-refractivity contribution < 1.29 is 4.92 Å². The lowest BCUT2D eigenvalue weighted by Gasteiger charge is -2.25. The van der Waals surface area contributed by atoms with Crippen molar-refractivity contribution >= 4 is 11.5 Å². The topological polar surface area (TPSA) is 85.3 Å². The summed E-state index contributed by atoms with van der Waals surface area (Å²) in [5.41, 5.74) is 6.81. The lowest BCUT2D eigenvalue weighted by atomic mass is 10.1. The Labute approximate surface area is 99.6 Å². The second-order valence-electron chi connectivity index (χ2n) is 4.48. The van der Waals surface area contributed by atoms with Crippen molar-refractivity contribution in [3.63, 3.8) is 0 Å². The second-order valence-corrected chi connectivity index (χ2v) is 4.48. The van der Waals surface area contributed by atoms with Crippen molar-refractivity contribution in [2.45, 2.75) is 32.4 Å². The van der Waals surface area contributed by atoms with E-state index < -0.39 is 4.92 Å². The second kappa shape index (κ2) is 4.29. The maximum absolute atomic E-state index is 10.6. The molecule has 1 aliphatic heterocycles. The number of aromatic nitrogens is 1. The predicted molar refractivity (Wildman–Crippen MR) is 65.0 cm³/mol. The van der Waals surface area contributed by atoms with Crippen molar-refractivity contribution in [2.75, 3.05) is 11.4 Å². The molecule has 0 saturated carbocycles.